The molecule has 25 heavy (non-hydrogen) atoms. The highest BCUT2D eigenvalue weighted by Gasteiger charge is 2.29. The lowest BCUT2D eigenvalue weighted by molar-refractivity contribution is 0.102. The van der Waals surface area contributed by atoms with Gasteiger partial charge in [-0.05, 0) is 42.2 Å². The van der Waals surface area contributed by atoms with Crippen LogP contribution in [0.25, 0.3) is 0 Å². The molecule has 5 rings (SSSR count). The number of allylic oxidation sites excluding steroid dienone is 2. The lowest BCUT2D eigenvalue weighted by atomic mass is 9.92. The molecule has 3 aliphatic rings. The van der Waals surface area contributed by atoms with E-state index in [1.807, 2.05) is 30.5 Å². The SMILES string of the molecule is O=C1C(NCCc2ccc3c(c2)OCO3)=CC2=NCCc3c[nH]c1c32. The zero-order chi connectivity index (χ0) is 16.8. The Hall–Kier alpha value is -3.02. The molecule has 1 aromatic carbocycles. The Labute approximate surface area is 144 Å². The summed E-state index contributed by atoms with van der Waals surface area (Å²) in [4.78, 5) is 20.3. The van der Waals surface area contributed by atoms with Gasteiger partial charge in [0.05, 0.1) is 17.1 Å². The van der Waals surface area contributed by atoms with Crippen LogP contribution in [-0.4, -0.2) is 36.4 Å². The minimum atomic E-state index is 0.00721. The Morgan fingerprint density at radius 2 is 2.16 bits per heavy atom. The highest BCUT2D eigenvalue weighted by Crippen LogP contribution is 2.32. The third-order valence-electron chi connectivity index (χ3n) is 4.80. The number of rotatable bonds is 4. The normalized spacial score (nSPS) is 17.0. The summed E-state index contributed by atoms with van der Waals surface area (Å²) in [5.41, 5.74) is 5.46. The highest BCUT2D eigenvalue weighted by molar-refractivity contribution is 6.26. The zero-order valence-electron chi connectivity index (χ0n) is 13.6. The van der Waals surface area contributed by atoms with Crippen LogP contribution < -0.4 is 14.8 Å². The third kappa shape index (κ3) is 2.33. The van der Waals surface area contributed by atoms with E-state index in [0.717, 1.165) is 47.7 Å². The van der Waals surface area contributed by atoms with Gasteiger partial charge in [0.2, 0.25) is 12.6 Å². The second-order valence-corrected chi connectivity index (χ2v) is 6.33. The molecule has 0 bridgehead atoms. The third-order valence-corrected chi connectivity index (χ3v) is 4.80. The first-order chi connectivity index (χ1) is 12.3. The molecular formula is C19H17N3O3. The summed E-state index contributed by atoms with van der Waals surface area (Å²) < 4.78 is 10.7. The molecule has 0 saturated carbocycles. The summed E-state index contributed by atoms with van der Waals surface area (Å²) in [5, 5.41) is 3.26. The molecule has 1 aromatic heterocycles. The largest absolute Gasteiger partial charge is 0.454 e. The minimum Gasteiger partial charge on any atom is -0.454 e. The van der Waals surface area contributed by atoms with Gasteiger partial charge in [-0.25, -0.2) is 0 Å². The molecule has 1 aliphatic carbocycles. The van der Waals surface area contributed by atoms with Crippen LogP contribution in [0.15, 0.2) is 41.2 Å². The van der Waals surface area contributed by atoms with Gasteiger partial charge in [0, 0.05) is 24.8 Å². The fourth-order valence-corrected chi connectivity index (χ4v) is 3.53. The predicted octanol–water partition coefficient (Wildman–Crippen LogP) is 2.00. The van der Waals surface area contributed by atoms with Gasteiger partial charge in [0.15, 0.2) is 11.5 Å². The van der Waals surface area contributed by atoms with Gasteiger partial charge in [-0.15, -0.1) is 0 Å². The Bertz CT molecular complexity index is 939. The van der Waals surface area contributed by atoms with Crippen LogP contribution in [0.3, 0.4) is 0 Å². The standard InChI is InChI=1S/C19H17N3O3/c23-19-14(8-13-17-12(4-6-20-13)9-22-18(17)19)21-5-3-11-1-2-15-16(7-11)25-10-24-15/h1-2,7-9,21-22H,3-6,10H2. The number of hydrogen-bond acceptors (Lipinski definition) is 5. The van der Waals surface area contributed by atoms with Crippen LogP contribution in [0.4, 0.5) is 0 Å². The van der Waals surface area contributed by atoms with E-state index in [4.69, 9.17) is 9.47 Å². The smallest absolute Gasteiger partial charge is 0.231 e. The van der Waals surface area contributed by atoms with Crippen molar-refractivity contribution in [3.63, 3.8) is 0 Å². The number of nitrogens with zero attached hydrogens (tertiary/aromatic N) is 1. The maximum absolute atomic E-state index is 12.7. The van der Waals surface area contributed by atoms with Gasteiger partial charge in [-0.1, -0.05) is 6.07 Å². The number of fused-ring (bicyclic) bond motifs is 1. The first-order valence-electron chi connectivity index (χ1n) is 8.43. The summed E-state index contributed by atoms with van der Waals surface area (Å²) in [5.74, 6) is 1.57. The molecule has 2 aliphatic heterocycles. The fourth-order valence-electron chi connectivity index (χ4n) is 3.53. The number of aromatic amines is 1. The number of nitrogens with one attached hydrogen (secondary N) is 2. The van der Waals surface area contributed by atoms with Crippen molar-refractivity contribution in [1.82, 2.24) is 10.3 Å². The van der Waals surface area contributed by atoms with Crippen molar-refractivity contribution in [3.05, 3.63) is 58.6 Å². The first-order valence-corrected chi connectivity index (χ1v) is 8.43. The lowest BCUT2D eigenvalue weighted by Gasteiger charge is -2.19. The van der Waals surface area contributed by atoms with Gasteiger partial charge in [0.25, 0.3) is 0 Å². The van der Waals surface area contributed by atoms with Gasteiger partial charge in [0.1, 0.15) is 0 Å². The Kier molecular flexibility index (Phi) is 3.16. The van der Waals surface area contributed by atoms with E-state index in [2.05, 4.69) is 15.3 Å². The Morgan fingerprint density at radius 1 is 1.24 bits per heavy atom. The molecule has 0 spiro atoms. The molecule has 2 aromatic rings. The van der Waals surface area contributed by atoms with Crippen LogP contribution in [0, 0.1) is 0 Å². The number of H-pyrrole nitrogens is 1. The molecule has 2 N–H and O–H groups in total. The lowest BCUT2D eigenvalue weighted by Crippen LogP contribution is -2.29. The van der Waals surface area contributed by atoms with Gasteiger partial charge >= 0.3 is 0 Å². The van der Waals surface area contributed by atoms with Crippen LogP contribution in [0.5, 0.6) is 11.5 Å². The average molecular weight is 335 g/mol. The summed E-state index contributed by atoms with van der Waals surface area (Å²) in [6, 6.07) is 5.93. The van der Waals surface area contributed by atoms with Crippen LogP contribution in [-0.2, 0) is 12.8 Å². The van der Waals surface area contributed by atoms with Gasteiger partial charge in [-0.2, -0.15) is 0 Å². The number of aliphatic imine (C=N–C) groups is 1. The molecular weight excluding hydrogens is 318 g/mol. The van der Waals surface area contributed by atoms with E-state index in [-0.39, 0.29) is 12.6 Å². The molecule has 6 nitrogen and oxygen atoms in total. The average Bonchev–Trinajstić information content (AvgIpc) is 3.26. The van der Waals surface area contributed by atoms with Crippen molar-refractivity contribution < 1.29 is 14.3 Å². The second-order valence-electron chi connectivity index (χ2n) is 6.33. The molecule has 126 valence electrons. The molecule has 0 atom stereocenters. The number of Topliss-reactive ketones (excluding diaryl/α,β-unsaturated/α-hetero) is 1. The van der Waals surface area contributed by atoms with Crippen molar-refractivity contribution in [2.75, 3.05) is 19.9 Å². The van der Waals surface area contributed by atoms with E-state index in [1.54, 1.807) is 0 Å². The number of ketones is 1. The van der Waals surface area contributed by atoms with Gasteiger partial charge < -0.3 is 19.8 Å². The van der Waals surface area contributed by atoms with Crippen molar-refractivity contribution in [3.8, 4) is 11.5 Å². The molecule has 3 heterocycles. The highest BCUT2D eigenvalue weighted by atomic mass is 16.7. The van der Waals surface area contributed by atoms with Crippen molar-refractivity contribution in [2.45, 2.75) is 12.8 Å². The van der Waals surface area contributed by atoms with E-state index in [1.165, 1.54) is 5.56 Å². The molecule has 6 heteroatoms. The van der Waals surface area contributed by atoms with E-state index in [9.17, 15) is 4.79 Å². The first kappa shape index (κ1) is 14.3. The summed E-state index contributed by atoms with van der Waals surface area (Å²) in [7, 11) is 0. The molecule has 0 radical (unpaired) electrons. The minimum absolute atomic E-state index is 0.00721. The molecule has 0 amide bonds. The number of ether oxygens (including phenoxy) is 2. The van der Waals surface area contributed by atoms with E-state index in [0.29, 0.717) is 17.9 Å². The van der Waals surface area contributed by atoms with Crippen molar-refractivity contribution >= 4 is 11.5 Å². The molecule has 0 saturated heterocycles. The van der Waals surface area contributed by atoms with Crippen LogP contribution in [0.2, 0.25) is 0 Å². The number of aromatic nitrogens is 1. The summed E-state index contributed by atoms with van der Waals surface area (Å²) in [6.45, 7) is 1.71. The number of carbonyl (C=O) groups excluding carboxylic acids is 1. The molecule has 0 fully saturated rings. The summed E-state index contributed by atoms with van der Waals surface area (Å²) >= 11 is 0. The van der Waals surface area contributed by atoms with Crippen molar-refractivity contribution in [2.24, 2.45) is 4.99 Å². The second kappa shape index (κ2) is 5.51. The number of hydrogen-bond donors (Lipinski definition) is 2. The number of benzene rings is 1. The van der Waals surface area contributed by atoms with E-state index >= 15 is 0 Å². The van der Waals surface area contributed by atoms with Crippen LogP contribution >= 0.6 is 0 Å². The van der Waals surface area contributed by atoms with Crippen molar-refractivity contribution in [1.29, 1.82) is 0 Å². The maximum Gasteiger partial charge on any atom is 0.231 e. The summed E-state index contributed by atoms with van der Waals surface area (Å²) in [6.07, 6.45) is 5.49. The quantitative estimate of drug-likeness (QED) is 0.896. The monoisotopic (exact) mass is 335 g/mol. The van der Waals surface area contributed by atoms with Gasteiger partial charge in [-0.3, -0.25) is 9.79 Å². The predicted molar refractivity (Wildman–Crippen MR) is 92.6 cm³/mol. The number of carbonyl (C=O) groups is 1. The van der Waals surface area contributed by atoms with E-state index < -0.39 is 0 Å². The Morgan fingerprint density at radius 3 is 3.12 bits per heavy atom. The molecule has 0 unspecified atom stereocenters. The zero-order valence-corrected chi connectivity index (χ0v) is 13.6. The maximum atomic E-state index is 12.7. The van der Waals surface area contributed by atoms with Crippen LogP contribution in [0.1, 0.15) is 27.2 Å². The fraction of sp³-hybridized carbons (Fsp3) is 0.263. The Balaban J connectivity index is 1.30. The topological polar surface area (TPSA) is 75.7 Å².